The molecule has 0 aliphatic rings. The van der Waals surface area contributed by atoms with Gasteiger partial charge in [0.25, 0.3) is 0 Å². The van der Waals surface area contributed by atoms with Crippen molar-refractivity contribution >= 4 is 11.9 Å². The molecule has 4 N–H and O–H groups in total. The van der Waals surface area contributed by atoms with E-state index in [0.717, 1.165) is 0 Å². The Bertz CT molecular complexity index is 174. The molecule has 0 aliphatic carbocycles. The minimum absolute atomic E-state index is 0. The molecule has 82 valence electrons. The Kier molecular flexibility index (Phi) is 19.6. The summed E-state index contributed by atoms with van der Waals surface area (Å²) in [6.07, 6.45) is 0. The standard InChI is InChI=1S/2C4H6O2.Cr.H2O/c2*1-3(2)4(5)6;;/h2*1H2,2H3,(H,5,6);;1H2. The second kappa shape index (κ2) is 11.9. The molecule has 0 saturated heterocycles. The van der Waals surface area contributed by atoms with Crippen LogP contribution in [-0.4, -0.2) is 27.6 Å². The second-order valence-corrected chi connectivity index (χ2v) is 2.17. The first-order valence-electron chi connectivity index (χ1n) is 3.06. The summed E-state index contributed by atoms with van der Waals surface area (Å²) < 4.78 is 0. The van der Waals surface area contributed by atoms with Gasteiger partial charge in [0.1, 0.15) is 0 Å². The van der Waals surface area contributed by atoms with Crippen molar-refractivity contribution in [2.45, 2.75) is 13.8 Å². The van der Waals surface area contributed by atoms with E-state index < -0.39 is 11.9 Å². The van der Waals surface area contributed by atoms with Crippen molar-refractivity contribution in [3.05, 3.63) is 24.3 Å². The summed E-state index contributed by atoms with van der Waals surface area (Å²) in [5.41, 5.74) is 0.352. The van der Waals surface area contributed by atoms with Gasteiger partial charge in [0, 0.05) is 28.5 Å². The molecule has 0 rings (SSSR count). The summed E-state index contributed by atoms with van der Waals surface area (Å²) in [6, 6.07) is 0. The van der Waals surface area contributed by atoms with E-state index in [0.29, 0.717) is 0 Å². The number of aliphatic carboxylic acids is 2. The van der Waals surface area contributed by atoms with Gasteiger partial charge in [-0.25, -0.2) is 9.59 Å². The molecule has 0 fully saturated rings. The van der Waals surface area contributed by atoms with Gasteiger partial charge in [0.2, 0.25) is 0 Å². The first-order chi connectivity index (χ1) is 5.29. The molecule has 0 aromatic heterocycles. The quantitative estimate of drug-likeness (QED) is 0.686. The van der Waals surface area contributed by atoms with E-state index in [1.807, 2.05) is 0 Å². The number of rotatable bonds is 2. The molecular formula is C8H14CrO5. The third-order valence-electron chi connectivity index (χ3n) is 0.730. The molecule has 0 radical (unpaired) electrons. The Morgan fingerprint density at radius 3 is 1.00 bits per heavy atom. The fourth-order valence-corrected chi connectivity index (χ4v) is 0. The zero-order valence-electron chi connectivity index (χ0n) is 8.03. The molecular weight excluding hydrogens is 228 g/mol. The Morgan fingerprint density at radius 1 is 0.929 bits per heavy atom. The molecule has 6 heteroatoms. The molecule has 0 unspecified atom stereocenters. The van der Waals surface area contributed by atoms with Gasteiger partial charge in [-0.15, -0.1) is 0 Å². The van der Waals surface area contributed by atoms with E-state index in [2.05, 4.69) is 13.2 Å². The van der Waals surface area contributed by atoms with Crippen LogP contribution in [0.1, 0.15) is 13.8 Å². The van der Waals surface area contributed by atoms with Crippen LogP contribution < -0.4 is 0 Å². The number of hydrogen-bond acceptors (Lipinski definition) is 2. The summed E-state index contributed by atoms with van der Waals surface area (Å²) in [5.74, 6) is -1.87. The summed E-state index contributed by atoms with van der Waals surface area (Å²) in [6.45, 7) is 9.20. The van der Waals surface area contributed by atoms with Crippen LogP contribution in [0.15, 0.2) is 24.3 Å². The van der Waals surface area contributed by atoms with E-state index >= 15 is 0 Å². The number of carboxylic acids is 2. The van der Waals surface area contributed by atoms with Gasteiger partial charge < -0.3 is 15.7 Å². The average molecular weight is 242 g/mol. The molecule has 0 aromatic carbocycles. The van der Waals surface area contributed by atoms with Crippen LogP contribution in [0.5, 0.6) is 0 Å². The molecule has 14 heavy (non-hydrogen) atoms. The molecule has 0 saturated carbocycles. The van der Waals surface area contributed by atoms with Gasteiger partial charge in [-0.3, -0.25) is 0 Å². The SMILES string of the molecule is C=C(C)C(=O)O.C=C(C)C(=O)O.O.[Cr]. The first kappa shape index (κ1) is 23.1. The van der Waals surface area contributed by atoms with Crippen molar-refractivity contribution in [2.75, 3.05) is 0 Å². The van der Waals surface area contributed by atoms with E-state index in [9.17, 15) is 9.59 Å². The maximum atomic E-state index is 9.60. The summed E-state index contributed by atoms with van der Waals surface area (Å²) in [7, 11) is 0. The smallest absolute Gasteiger partial charge is 0.330 e. The van der Waals surface area contributed by atoms with Crippen LogP contribution in [0.25, 0.3) is 0 Å². The normalized spacial score (nSPS) is 6.43. The van der Waals surface area contributed by atoms with Crippen LogP contribution >= 0.6 is 0 Å². The Labute approximate surface area is 93.2 Å². The molecule has 0 spiro atoms. The second-order valence-electron chi connectivity index (χ2n) is 2.17. The molecule has 0 atom stereocenters. The zero-order valence-corrected chi connectivity index (χ0v) is 9.31. The Hall–Kier alpha value is -1.09. The summed E-state index contributed by atoms with van der Waals surface area (Å²) in [4.78, 5) is 19.2. The molecule has 0 aromatic rings. The third kappa shape index (κ3) is 22.4. The van der Waals surface area contributed by atoms with Gasteiger partial charge in [-0.05, 0) is 13.8 Å². The molecule has 0 heterocycles. The average Bonchev–Trinajstić information content (AvgIpc) is 1.88. The fraction of sp³-hybridized carbons (Fsp3) is 0.250. The van der Waals surface area contributed by atoms with E-state index in [4.69, 9.17) is 10.2 Å². The fourth-order valence-electron chi connectivity index (χ4n) is 0. The van der Waals surface area contributed by atoms with Crippen molar-refractivity contribution in [1.29, 1.82) is 0 Å². The van der Waals surface area contributed by atoms with E-state index in [-0.39, 0.29) is 34.0 Å². The van der Waals surface area contributed by atoms with Crippen molar-refractivity contribution < 1.29 is 42.6 Å². The Morgan fingerprint density at radius 2 is 1.00 bits per heavy atom. The topological polar surface area (TPSA) is 106 Å². The van der Waals surface area contributed by atoms with E-state index in [1.54, 1.807) is 0 Å². The van der Waals surface area contributed by atoms with Gasteiger partial charge >= 0.3 is 11.9 Å². The zero-order chi connectivity index (χ0) is 10.3. The van der Waals surface area contributed by atoms with Gasteiger partial charge in [0.15, 0.2) is 0 Å². The number of carboxylic acid groups (broad SMARTS) is 2. The van der Waals surface area contributed by atoms with Crippen molar-refractivity contribution in [2.24, 2.45) is 0 Å². The van der Waals surface area contributed by atoms with Gasteiger partial charge in [0.05, 0.1) is 0 Å². The molecule has 0 amide bonds. The molecule has 0 bridgehead atoms. The van der Waals surface area contributed by atoms with Crippen molar-refractivity contribution in [1.82, 2.24) is 0 Å². The van der Waals surface area contributed by atoms with Gasteiger partial charge in [-0.1, -0.05) is 13.2 Å². The van der Waals surface area contributed by atoms with Gasteiger partial charge in [-0.2, -0.15) is 0 Å². The molecule has 0 aliphatic heterocycles. The maximum Gasteiger partial charge on any atom is 0.330 e. The van der Waals surface area contributed by atoms with Crippen LogP contribution in [0.4, 0.5) is 0 Å². The number of hydrogen-bond donors (Lipinski definition) is 2. The van der Waals surface area contributed by atoms with Crippen molar-refractivity contribution in [3.63, 3.8) is 0 Å². The van der Waals surface area contributed by atoms with E-state index in [1.165, 1.54) is 13.8 Å². The predicted octanol–water partition coefficient (Wildman–Crippen LogP) is 0.467. The van der Waals surface area contributed by atoms with Crippen LogP contribution in [0, 0.1) is 0 Å². The largest absolute Gasteiger partial charge is 0.478 e. The molecule has 5 nitrogen and oxygen atoms in total. The van der Waals surface area contributed by atoms with Crippen LogP contribution in [0.3, 0.4) is 0 Å². The first-order valence-corrected chi connectivity index (χ1v) is 3.06. The predicted molar refractivity (Wildman–Crippen MR) is 48.5 cm³/mol. The third-order valence-corrected chi connectivity index (χ3v) is 0.730. The summed E-state index contributed by atoms with van der Waals surface area (Å²) in [5, 5.41) is 15.8. The van der Waals surface area contributed by atoms with Crippen LogP contribution in [-0.2, 0) is 27.0 Å². The van der Waals surface area contributed by atoms with Crippen LogP contribution in [0.2, 0.25) is 0 Å². The minimum atomic E-state index is -0.935. The van der Waals surface area contributed by atoms with Crippen molar-refractivity contribution in [3.8, 4) is 0 Å². The Balaban J connectivity index is -0.0000000625. The number of carbonyl (C=O) groups is 2. The maximum absolute atomic E-state index is 9.60. The monoisotopic (exact) mass is 242 g/mol. The minimum Gasteiger partial charge on any atom is -0.478 e. The summed E-state index contributed by atoms with van der Waals surface area (Å²) >= 11 is 0.